The normalized spacial score (nSPS) is 9.30. The van der Waals surface area contributed by atoms with E-state index in [-0.39, 0.29) is 0 Å². The molecular weight excluding hydrogens is 170 g/mol. The molecule has 0 aliphatic rings. The second kappa shape index (κ2) is 3.58. The van der Waals surface area contributed by atoms with E-state index < -0.39 is 4.57 Å². The van der Waals surface area contributed by atoms with Crippen LogP contribution in [0.2, 0.25) is 0 Å². The number of carbonyl (C=O) groups excluding carboxylic acids is 1. The summed E-state index contributed by atoms with van der Waals surface area (Å²) in [5, 5.41) is 0.627. The number of rotatable bonds is 1. The number of hydrogen-bond donors (Lipinski definition) is 0. The molecule has 1 aromatic rings. The summed E-state index contributed by atoms with van der Waals surface area (Å²) in [6.45, 7) is 0. The monoisotopic (exact) mass is 173 g/mol. The SMILES string of the molecule is O=C(Cl)Sc1ccccn1. The van der Waals surface area contributed by atoms with Crippen LogP contribution in [0, 0.1) is 0 Å². The van der Waals surface area contributed by atoms with Crippen LogP contribution in [-0.4, -0.2) is 9.56 Å². The molecule has 0 unspecified atom stereocenters. The minimum absolute atomic E-state index is 0.460. The standard InChI is InChI=1S/C6H4ClNOS/c7-6(9)10-5-3-1-2-4-8-5/h1-4H. The van der Waals surface area contributed by atoms with Gasteiger partial charge in [-0.25, -0.2) is 4.98 Å². The molecule has 0 atom stereocenters. The summed E-state index contributed by atoms with van der Waals surface area (Å²) in [7, 11) is 0. The van der Waals surface area contributed by atoms with Gasteiger partial charge < -0.3 is 0 Å². The van der Waals surface area contributed by atoms with Crippen molar-refractivity contribution < 1.29 is 4.79 Å². The van der Waals surface area contributed by atoms with Crippen molar-refractivity contribution in [3.05, 3.63) is 24.4 Å². The van der Waals surface area contributed by atoms with Gasteiger partial charge in [-0.05, 0) is 35.5 Å². The molecule has 0 fully saturated rings. The lowest BCUT2D eigenvalue weighted by atomic mass is 10.5. The van der Waals surface area contributed by atoms with E-state index in [2.05, 4.69) is 4.98 Å². The van der Waals surface area contributed by atoms with Crippen LogP contribution in [0.5, 0.6) is 0 Å². The molecule has 1 aromatic heterocycles. The Labute approximate surface area is 67.6 Å². The fourth-order valence-electron chi connectivity index (χ4n) is 0.490. The van der Waals surface area contributed by atoms with Gasteiger partial charge in [0.15, 0.2) is 0 Å². The van der Waals surface area contributed by atoms with Crippen LogP contribution in [-0.2, 0) is 0 Å². The molecule has 4 heteroatoms. The highest BCUT2D eigenvalue weighted by Crippen LogP contribution is 2.17. The van der Waals surface area contributed by atoms with Gasteiger partial charge in [0, 0.05) is 6.20 Å². The van der Waals surface area contributed by atoms with Gasteiger partial charge in [0.25, 0.3) is 4.57 Å². The van der Waals surface area contributed by atoms with Crippen LogP contribution in [0.3, 0.4) is 0 Å². The molecule has 1 rings (SSSR count). The Balaban J connectivity index is 2.67. The summed E-state index contributed by atoms with van der Waals surface area (Å²) in [6, 6.07) is 5.31. The first-order valence-electron chi connectivity index (χ1n) is 2.57. The van der Waals surface area contributed by atoms with E-state index in [1.807, 2.05) is 0 Å². The summed E-state index contributed by atoms with van der Waals surface area (Å²) in [5.41, 5.74) is 0. The van der Waals surface area contributed by atoms with E-state index in [1.54, 1.807) is 24.4 Å². The third kappa shape index (κ3) is 2.37. The first-order chi connectivity index (χ1) is 4.79. The zero-order valence-electron chi connectivity index (χ0n) is 4.95. The number of hydrogen-bond acceptors (Lipinski definition) is 3. The van der Waals surface area contributed by atoms with E-state index in [1.165, 1.54) is 0 Å². The maximum absolute atomic E-state index is 10.3. The highest BCUT2D eigenvalue weighted by Gasteiger charge is 1.98. The van der Waals surface area contributed by atoms with Crippen LogP contribution in [0.15, 0.2) is 29.4 Å². The summed E-state index contributed by atoms with van der Waals surface area (Å²) in [6.07, 6.45) is 1.61. The average molecular weight is 174 g/mol. The predicted octanol–water partition coefficient (Wildman–Crippen LogP) is 2.53. The van der Waals surface area contributed by atoms with Gasteiger partial charge in [-0.15, -0.1) is 0 Å². The Morgan fingerprint density at radius 3 is 2.90 bits per heavy atom. The lowest BCUT2D eigenvalue weighted by molar-refractivity contribution is 0.276. The molecule has 0 saturated carbocycles. The van der Waals surface area contributed by atoms with Crippen molar-refractivity contribution in [2.45, 2.75) is 5.03 Å². The van der Waals surface area contributed by atoms with Crippen LogP contribution < -0.4 is 0 Å². The van der Waals surface area contributed by atoms with E-state index in [9.17, 15) is 4.79 Å². The van der Waals surface area contributed by atoms with Crippen molar-refractivity contribution in [3.63, 3.8) is 0 Å². The van der Waals surface area contributed by atoms with Crippen LogP contribution in [0.25, 0.3) is 0 Å². The Kier molecular flexibility index (Phi) is 2.71. The van der Waals surface area contributed by atoms with Gasteiger partial charge >= 0.3 is 0 Å². The number of halogens is 1. The van der Waals surface area contributed by atoms with Crippen molar-refractivity contribution >= 4 is 27.9 Å². The van der Waals surface area contributed by atoms with Crippen LogP contribution in [0.1, 0.15) is 0 Å². The Hall–Kier alpha value is -0.540. The minimum Gasteiger partial charge on any atom is -0.268 e. The molecule has 52 valence electrons. The molecule has 0 N–H and O–H groups in total. The van der Waals surface area contributed by atoms with Gasteiger partial charge in [0.1, 0.15) is 5.03 Å². The van der Waals surface area contributed by atoms with E-state index >= 15 is 0 Å². The van der Waals surface area contributed by atoms with E-state index in [4.69, 9.17) is 11.6 Å². The fraction of sp³-hybridized carbons (Fsp3) is 0. The molecular formula is C6H4ClNOS. The lowest BCUT2D eigenvalue weighted by Gasteiger charge is -1.90. The number of pyridine rings is 1. The van der Waals surface area contributed by atoms with Crippen LogP contribution in [0.4, 0.5) is 4.79 Å². The Morgan fingerprint density at radius 2 is 2.40 bits per heavy atom. The highest BCUT2D eigenvalue weighted by atomic mass is 35.5. The molecule has 0 saturated heterocycles. The predicted molar refractivity (Wildman–Crippen MR) is 41.3 cm³/mol. The quantitative estimate of drug-likeness (QED) is 0.483. The van der Waals surface area contributed by atoms with Crippen molar-refractivity contribution in [3.8, 4) is 0 Å². The highest BCUT2D eigenvalue weighted by molar-refractivity contribution is 8.16. The van der Waals surface area contributed by atoms with Gasteiger partial charge in [-0.3, -0.25) is 4.79 Å². The summed E-state index contributed by atoms with van der Waals surface area (Å²) in [5.74, 6) is 0. The Bertz CT molecular complexity index is 226. The average Bonchev–Trinajstić information content (AvgIpc) is 1.88. The Morgan fingerprint density at radius 1 is 1.60 bits per heavy atom. The second-order valence-corrected chi connectivity index (χ2v) is 3.07. The first-order valence-corrected chi connectivity index (χ1v) is 3.77. The number of nitrogens with zero attached hydrogens (tertiary/aromatic N) is 1. The smallest absolute Gasteiger partial charge is 0.268 e. The molecule has 0 bridgehead atoms. The van der Waals surface area contributed by atoms with Gasteiger partial charge in [-0.2, -0.15) is 0 Å². The summed E-state index contributed by atoms with van der Waals surface area (Å²) < 4.78 is -0.460. The third-order valence-corrected chi connectivity index (χ3v) is 1.67. The molecule has 0 aliphatic heterocycles. The molecule has 0 aromatic carbocycles. The zero-order chi connectivity index (χ0) is 7.40. The second-order valence-electron chi connectivity index (χ2n) is 1.51. The van der Waals surface area contributed by atoms with Gasteiger partial charge in [0.05, 0.1) is 0 Å². The first kappa shape index (κ1) is 7.57. The van der Waals surface area contributed by atoms with Crippen molar-refractivity contribution in [2.24, 2.45) is 0 Å². The summed E-state index contributed by atoms with van der Waals surface area (Å²) in [4.78, 5) is 14.2. The minimum atomic E-state index is -0.460. The van der Waals surface area contributed by atoms with Crippen LogP contribution >= 0.6 is 23.4 Å². The van der Waals surface area contributed by atoms with Gasteiger partial charge in [0.2, 0.25) is 0 Å². The molecule has 0 amide bonds. The molecule has 0 spiro atoms. The van der Waals surface area contributed by atoms with E-state index in [0.29, 0.717) is 5.03 Å². The van der Waals surface area contributed by atoms with Crippen molar-refractivity contribution in [1.29, 1.82) is 0 Å². The zero-order valence-corrected chi connectivity index (χ0v) is 6.52. The molecule has 2 nitrogen and oxygen atoms in total. The third-order valence-electron chi connectivity index (χ3n) is 0.823. The number of thioether (sulfide) groups is 1. The maximum Gasteiger partial charge on any atom is 0.285 e. The fourth-order valence-corrected chi connectivity index (χ4v) is 1.15. The molecule has 10 heavy (non-hydrogen) atoms. The largest absolute Gasteiger partial charge is 0.285 e. The number of aromatic nitrogens is 1. The molecule has 1 heterocycles. The molecule has 0 aliphatic carbocycles. The lowest BCUT2D eigenvalue weighted by Crippen LogP contribution is -1.78. The van der Waals surface area contributed by atoms with E-state index in [0.717, 1.165) is 11.8 Å². The maximum atomic E-state index is 10.3. The number of carbonyl (C=O) groups is 1. The van der Waals surface area contributed by atoms with Crippen molar-refractivity contribution in [2.75, 3.05) is 0 Å². The van der Waals surface area contributed by atoms with Gasteiger partial charge in [-0.1, -0.05) is 6.07 Å². The summed E-state index contributed by atoms with van der Waals surface area (Å²) >= 11 is 6.01. The molecule has 0 radical (unpaired) electrons. The van der Waals surface area contributed by atoms with Crippen molar-refractivity contribution in [1.82, 2.24) is 4.98 Å². The topological polar surface area (TPSA) is 30.0 Å².